The van der Waals surface area contributed by atoms with Crippen LogP contribution < -0.4 is 10.5 Å². The second kappa shape index (κ2) is 6.17. The molecule has 2 aromatic rings. The summed E-state index contributed by atoms with van der Waals surface area (Å²) in [6.45, 7) is 2.06. The quantitative estimate of drug-likeness (QED) is 0.939. The Morgan fingerprint density at radius 2 is 2.16 bits per heavy atom. The van der Waals surface area contributed by atoms with Gasteiger partial charge in [-0.2, -0.15) is 0 Å². The van der Waals surface area contributed by atoms with Crippen molar-refractivity contribution in [2.45, 2.75) is 19.4 Å². The van der Waals surface area contributed by atoms with E-state index in [0.29, 0.717) is 0 Å². The molecule has 2 rings (SSSR count). The van der Waals surface area contributed by atoms with Gasteiger partial charge in [-0.1, -0.05) is 6.07 Å². The highest BCUT2D eigenvalue weighted by atomic mass is 79.9. The standard InChI is InChI=1S/C15H17BrN2O/c1-10-5-6-18-9-12(10)14(17)8-11-3-4-15(19-2)13(16)7-11/h3-7,9,14H,8,17H2,1-2H3. The lowest BCUT2D eigenvalue weighted by atomic mass is 9.98. The molecule has 0 spiro atoms. The maximum absolute atomic E-state index is 6.26. The van der Waals surface area contributed by atoms with E-state index >= 15 is 0 Å². The number of hydrogen-bond acceptors (Lipinski definition) is 3. The third-order valence-electron chi connectivity index (χ3n) is 3.15. The first-order valence-electron chi connectivity index (χ1n) is 6.10. The van der Waals surface area contributed by atoms with Crippen molar-refractivity contribution >= 4 is 15.9 Å². The molecule has 0 bridgehead atoms. The Bertz CT molecular complexity index is 572. The van der Waals surface area contributed by atoms with Gasteiger partial charge >= 0.3 is 0 Å². The Balaban J connectivity index is 2.17. The van der Waals surface area contributed by atoms with Crippen LogP contribution in [0.25, 0.3) is 0 Å². The number of methoxy groups -OCH3 is 1. The van der Waals surface area contributed by atoms with Gasteiger partial charge in [0.1, 0.15) is 5.75 Å². The molecule has 4 heteroatoms. The zero-order valence-corrected chi connectivity index (χ0v) is 12.6. The van der Waals surface area contributed by atoms with E-state index in [9.17, 15) is 0 Å². The van der Waals surface area contributed by atoms with Gasteiger partial charge in [-0.15, -0.1) is 0 Å². The summed E-state index contributed by atoms with van der Waals surface area (Å²) in [5, 5.41) is 0. The highest BCUT2D eigenvalue weighted by molar-refractivity contribution is 9.10. The molecule has 1 heterocycles. The number of aryl methyl sites for hydroxylation is 1. The van der Waals surface area contributed by atoms with E-state index in [1.165, 1.54) is 11.1 Å². The second-order valence-corrected chi connectivity index (χ2v) is 5.37. The molecule has 1 unspecified atom stereocenters. The Morgan fingerprint density at radius 1 is 1.37 bits per heavy atom. The number of pyridine rings is 1. The Hall–Kier alpha value is -1.39. The minimum Gasteiger partial charge on any atom is -0.496 e. The van der Waals surface area contributed by atoms with Crippen molar-refractivity contribution in [3.8, 4) is 5.75 Å². The number of aromatic nitrogens is 1. The molecule has 1 atom stereocenters. The fraction of sp³-hybridized carbons (Fsp3) is 0.267. The average molecular weight is 321 g/mol. The number of hydrogen-bond donors (Lipinski definition) is 1. The van der Waals surface area contributed by atoms with Crippen LogP contribution >= 0.6 is 15.9 Å². The molecule has 0 aliphatic heterocycles. The molecule has 0 fully saturated rings. The Kier molecular flexibility index (Phi) is 4.56. The highest BCUT2D eigenvalue weighted by Crippen LogP contribution is 2.27. The lowest BCUT2D eigenvalue weighted by Crippen LogP contribution is -2.15. The molecule has 0 amide bonds. The molecule has 0 aliphatic carbocycles. The first-order chi connectivity index (χ1) is 9.11. The zero-order chi connectivity index (χ0) is 13.8. The summed E-state index contributed by atoms with van der Waals surface area (Å²) in [4.78, 5) is 4.14. The van der Waals surface area contributed by atoms with Crippen molar-refractivity contribution in [1.29, 1.82) is 0 Å². The minimum atomic E-state index is -0.0472. The maximum atomic E-state index is 6.26. The Morgan fingerprint density at radius 3 is 2.79 bits per heavy atom. The summed E-state index contributed by atoms with van der Waals surface area (Å²) in [5.74, 6) is 0.829. The van der Waals surface area contributed by atoms with E-state index in [-0.39, 0.29) is 6.04 Å². The van der Waals surface area contributed by atoms with E-state index in [4.69, 9.17) is 10.5 Å². The number of nitrogens with two attached hydrogens (primary N) is 1. The van der Waals surface area contributed by atoms with Crippen molar-refractivity contribution in [2.75, 3.05) is 7.11 Å². The smallest absolute Gasteiger partial charge is 0.133 e. The van der Waals surface area contributed by atoms with E-state index in [0.717, 1.165) is 22.2 Å². The van der Waals surface area contributed by atoms with Crippen molar-refractivity contribution in [3.05, 3.63) is 57.8 Å². The lowest BCUT2D eigenvalue weighted by molar-refractivity contribution is 0.412. The van der Waals surface area contributed by atoms with Gasteiger partial charge in [0.05, 0.1) is 11.6 Å². The fourth-order valence-electron chi connectivity index (χ4n) is 2.07. The van der Waals surface area contributed by atoms with E-state index in [1.807, 2.05) is 30.5 Å². The molecule has 100 valence electrons. The summed E-state index contributed by atoms with van der Waals surface area (Å²) < 4.78 is 6.17. The van der Waals surface area contributed by atoms with Crippen molar-refractivity contribution < 1.29 is 4.74 Å². The maximum Gasteiger partial charge on any atom is 0.133 e. The normalized spacial score (nSPS) is 12.2. The number of nitrogens with zero attached hydrogens (tertiary/aromatic N) is 1. The second-order valence-electron chi connectivity index (χ2n) is 4.51. The van der Waals surface area contributed by atoms with Crippen molar-refractivity contribution in [3.63, 3.8) is 0 Å². The fourth-order valence-corrected chi connectivity index (χ4v) is 2.65. The number of benzene rings is 1. The average Bonchev–Trinajstić information content (AvgIpc) is 2.39. The third-order valence-corrected chi connectivity index (χ3v) is 3.77. The molecule has 0 saturated carbocycles. The van der Waals surface area contributed by atoms with Gasteiger partial charge in [-0.05, 0) is 64.2 Å². The topological polar surface area (TPSA) is 48.1 Å². The van der Waals surface area contributed by atoms with Crippen LogP contribution in [0.15, 0.2) is 41.1 Å². The van der Waals surface area contributed by atoms with Gasteiger partial charge in [-0.3, -0.25) is 4.98 Å². The van der Waals surface area contributed by atoms with Gasteiger partial charge in [0, 0.05) is 18.4 Å². The molecule has 0 saturated heterocycles. The molecule has 19 heavy (non-hydrogen) atoms. The molecule has 3 nitrogen and oxygen atoms in total. The third kappa shape index (κ3) is 3.33. The number of ether oxygens (including phenoxy) is 1. The van der Waals surface area contributed by atoms with Gasteiger partial charge in [0.15, 0.2) is 0 Å². The predicted molar refractivity (Wildman–Crippen MR) is 80.3 cm³/mol. The molecular formula is C15H17BrN2O. The van der Waals surface area contributed by atoms with Crippen LogP contribution in [-0.2, 0) is 6.42 Å². The van der Waals surface area contributed by atoms with E-state index < -0.39 is 0 Å². The van der Waals surface area contributed by atoms with Gasteiger partial charge in [0.2, 0.25) is 0 Å². The summed E-state index contributed by atoms with van der Waals surface area (Å²) >= 11 is 3.49. The zero-order valence-electron chi connectivity index (χ0n) is 11.1. The SMILES string of the molecule is COc1ccc(CC(N)c2cnccc2C)cc1Br. The van der Waals surface area contributed by atoms with Crippen LogP contribution in [0.1, 0.15) is 22.7 Å². The largest absolute Gasteiger partial charge is 0.496 e. The Labute approximate surface area is 121 Å². The first kappa shape index (κ1) is 14.0. The summed E-state index contributed by atoms with van der Waals surface area (Å²) in [6, 6.07) is 7.97. The summed E-state index contributed by atoms with van der Waals surface area (Å²) in [6.07, 6.45) is 4.41. The molecule has 1 aromatic carbocycles. The van der Waals surface area contributed by atoms with Gasteiger partial charge in [-0.25, -0.2) is 0 Å². The monoisotopic (exact) mass is 320 g/mol. The number of rotatable bonds is 4. The van der Waals surface area contributed by atoms with Crippen LogP contribution in [0, 0.1) is 6.92 Å². The number of halogens is 1. The van der Waals surface area contributed by atoms with Crippen molar-refractivity contribution in [1.82, 2.24) is 4.98 Å². The predicted octanol–water partition coefficient (Wildman–Crippen LogP) is 3.40. The summed E-state index contributed by atoms with van der Waals surface area (Å²) in [7, 11) is 1.66. The summed E-state index contributed by atoms with van der Waals surface area (Å²) in [5.41, 5.74) is 9.70. The molecule has 2 N–H and O–H groups in total. The van der Waals surface area contributed by atoms with Crippen LogP contribution in [-0.4, -0.2) is 12.1 Å². The van der Waals surface area contributed by atoms with Gasteiger partial charge < -0.3 is 10.5 Å². The van der Waals surface area contributed by atoms with Crippen molar-refractivity contribution in [2.24, 2.45) is 5.73 Å². The van der Waals surface area contributed by atoms with Gasteiger partial charge in [0.25, 0.3) is 0 Å². The lowest BCUT2D eigenvalue weighted by Gasteiger charge is -2.15. The highest BCUT2D eigenvalue weighted by Gasteiger charge is 2.11. The molecular weight excluding hydrogens is 304 g/mol. The van der Waals surface area contributed by atoms with Crippen LogP contribution in [0.5, 0.6) is 5.75 Å². The minimum absolute atomic E-state index is 0.0472. The molecule has 0 radical (unpaired) electrons. The van der Waals surface area contributed by atoms with Crippen LogP contribution in [0.3, 0.4) is 0 Å². The van der Waals surface area contributed by atoms with E-state index in [2.05, 4.69) is 27.8 Å². The van der Waals surface area contributed by atoms with Crippen LogP contribution in [0.2, 0.25) is 0 Å². The molecule has 0 aliphatic rings. The molecule has 1 aromatic heterocycles. The van der Waals surface area contributed by atoms with Crippen LogP contribution in [0.4, 0.5) is 0 Å². The first-order valence-corrected chi connectivity index (χ1v) is 6.89. The van der Waals surface area contributed by atoms with E-state index in [1.54, 1.807) is 13.3 Å².